The van der Waals surface area contributed by atoms with Crippen LogP contribution < -0.4 is 10.1 Å². The second-order valence-corrected chi connectivity index (χ2v) is 7.35. The molecule has 108 valence electrons. The van der Waals surface area contributed by atoms with Gasteiger partial charge >= 0.3 is 0 Å². The third-order valence-corrected chi connectivity index (χ3v) is 4.91. The maximum atomic E-state index is 6.05. The van der Waals surface area contributed by atoms with E-state index < -0.39 is 0 Å². The summed E-state index contributed by atoms with van der Waals surface area (Å²) in [4.78, 5) is 1.26. The minimum Gasteiger partial charge on any atom is -0.496 e. The summed E-state index contributed by atoms with van der Waals surface area (Å²) in [6.07, 6.45) is 1.08. The molecule has 0 bridgehead atoms. The summed E-state index contributed by atoms with van der Waals surface area (Å²) in [6, 6.07) is 10.1. The molecule has 1 atom stereocenters. The van der Waals surface area contributed by atoms with Crippen LogP contribution >= 0.6 is 38.9 Å². The van der Waals surface area contributed by atoms with Crippen LogP contribution in [0.2, 0.25) is 5.02 Å². The molecule has 0 radical (unpaired) electrons. The Bertz CT molecular complexity index is 573. The van der Waals surface area contributed by atoms with E-state index in [0.717, 1.165) is 28.1 Å². The Morgan fingerprint density at radius 2 is 2.15 bits per heavy atom. The molecule has 2 nitrogen and oxygen atoms in total. The molecule has 1 heterocycles. The Labute approximate surface area is 137 Å². The standard InChI is InChI=1S/C15H17BrClNOS/c1-3-8-18-15(13-6-7-14(16)20-13)11-5-4-10(17)9-12(11)19-2/h4-7,9,15,18H,3,8H2,1-2H3. The Hall–Kier alpha value is -0.550. The summed E-state index contributed by atoms with van der Waals surface area (Å²) in [6.45, 7) is 3.11. The van der Waals surface area contributed by atoms with Gasteiger partial charge in [-0.3, -0.25) is 0 Å². The van der Waals surface area contributed by atoms with E-state index in [0.29, 0.717) is 5.02 Å². The highest BCUT2D eigenvalue weighted by Gasteiger charge is 2.19. The van der Waals surface area contributed by atoms with Crippen molar-refractivity contribution >= 4 is 38.9 Å². The van der Waals surface area contributed by atoms with Crippen molar-refractivity contribution in [3.8, 4) is 5.75 Å². The SMILES string of the molecule is CCCNC(c1ccc(Br)s1)c1ccc(Cl)cc1OC. The highest BCUT2D eigenvalue weighted by molar-refractivity contribution is 9.11. The first-order valence-corrected chi connectivity index (χ1v) is 8.46. The maximum absolute atomic E-state index is 6.05. The molecule has 2 rings (SSSR count). The molecule has 20 heavy (non-hydrogen) atoms. The van der Waals surface area contributed by atoms with Gasteiger partial charge in [0.2, 0.25) is 0 Å². The number of hydrogen-bond acceptors (Lipinski definition) is 3. The van der Waals surface area contributed by atoms with E-state index in [1.165, 1.54) is 4.88 Å². The minimum absolute atomic E-state index is 0.124. The summed E-state index contributed by atoms with van der Waals surface area (Å²) in [5.74, 6) is 0.815. The molecule has 0 aliphatic rings. The number of thiophene rings is 1. The average Bonchev–Trinajstić information content (AvgIpc) is 2.87. The Balaban J connectivity index is 2.40. The van der Waals surface area contributed by atoms with Crippen molar-refractivity contribution < 1.29 is 4.74 Å². The summed E-state index contributed by atoms with van der Waals surface area (Å²) in [5.41, 5.74) is 1.11. The van der Waals surface area contributed by atoms with Gasteiger partial charge in [0.25, 0.3) is 0 Å². The van der Waals surface area contributed by atoms with Gasteiger partial charge in [0.1, 0.15) is 5.75 Å². The number of halogens is 2. The Morgan fingerprint density at radius 3 is 2.75 bits per heavy atom. The van der Waals surface area contributed by atoms with Crippen molar-refractivity contribution in [1.29, 1.82) is 0 Å². The third-order valence-electron chi connectivity index (χ3n) is 2.98. The van der Waals surface area contributed by atoms with E-state index in [4.69, 9.17) is 16.3 Å². The van der Waals surface area contributed by atoms with Crippen molar-refractivity contribution in [3.63, 3.8) is 0 Å². The van der Waals surface area contributed by atoms with Gasteiger partial charge in [-0.1, -0.05) is 24.6 Å². The van der Waals surface area contributed by atoms with Crippen LogP contribution in [0.15, 0.2) is 34.1 Å². The van der Waals surface area contributed by atoms with Crippen LogP contribution in [0.4, 0.5) is 0 Å². The predicted molar refractivity (Wildman–Crippen MR) is 90.2 cm³/mol. The number of ether oxygens (including phenoxy) is 1. The molecule has 1 aromatic carbocycles. The first-order chi connectivity index (χ1) is 9.65. The van der Waals surface area contributed by atoms with E-state index in [1.54, 1.807) is 18.4 Å². The van der Waals surface area contributed by atoms with E-state index >= 15 is 0 Å². The van der Waals surface area contributed by atoms with Crippen LogP contribution in [0.1, 0.15) is 29.8 Å². The molecule has 0 spiro atoms. The molecule has 0 aliphatic heterocycles. The van der Waals surface area contributed by atoms with Gasteiger partial charge < -0.3 is 10.1 Å². The zero-order valence-electron chi connectivity index (χ0n) is 11.5. The second-order valence-electron chi connectivity index (χ2n) is 4.42. The van der Waals surface area contributed by atoms with E-state index in [2.05, 4.69) is 40.3 Å². The van der Waals surface area contributed by atoms with E-state index in [9.17, 15) is 0 Å². The number of hydrogen-bond donors (Lipinski definition) is 1. The number of nitrogens with one attached hydrogen (secondary N) is 1. The first kappa shape index (κ1) is 15.8. The zero-order chi connectivity index (χ0) is 14.5. The second kappa shape index (κ2) is 7.46. The van der Waals surface area contributed by atoms with Crippen molar-refractivity contribution in [2.24, 2.45) is 0 Å². The van der Waals surface area contributed by atoms with Crippen LogP contribution in [0.5, 0.6) is 5.75 Å². The van der Waals surface area contributed by atoms with Crippen molar-refractivity contribution in [2.45, 2.75) is 19.4 Å². The largest absolute Gasteiger partial charge is 0.496 e. The predicted octanol–water partition coefficient (Wildman–Crippen LogP) is 5.26. The fourth-order valence-electron chi connectivity index (χ4n) is 2.06. The lowest BCUT2D eigenvalue weighted by Crippen LogP contribution is -2.22. The minimum atomic E-state index is 0.124. The number of benzene rings is 1. The van der Waals surface area contributed by atoms with Gasteiger partial charge in [0.05, 0.1) is 16.9 Å². The topological polar surface area (TPSA) is 21.3 Å². The van der Waals surface area contributed by atoms with Crippen LogP contribution in [0.3, 0.4) is 0 Å². The molecular weight excluding hydrogens is 358 g/mol. The normalized spacial score (nSPS) is 12.4. The molecule has 0 aliphatic carbocycles. The van der Waals surface area contributed by atoms with Gasteiger partial charge in [-0.2, -0.15) is 0 Å². The van der Waals surface area contributed by atoms with Gasteiger partial charge in [-0.25, -0.2) is 0 Å². The molecule has 2 aromatic rings. The van der Waals surface area contributed by atoms with Crippen molar-refractivity contribution in [2.75, 3.05) is 13.7 Å². The number of methoxy groups -OCH3 is 1. The summed E-state index contributed by atoms with van der Waals surface area (Å²) < 4.78 is 6.61. The zero-order valence-corrected chi connectivity index (χ0v) is 14.6. The van der Waals surface area contributed by atoms with Gasteiger partial charge in [0.15, 0.2) is 0 Å². The number of rotatable bonds is 6. The molecular formula is C15H17BrClNOS. The lowest BCUT2D eigenvalue weighted by Gasteiger charge is -2.20. The van der Waals surface area contributed by atoms with Gasteiger partial charge in [-0.15, -0.1) is 11.3 Å². The average molecular weight is 375 g/mol. The Kier molecular flexibility index (Phi) is 5.90. The molecule has 0 amide bonds. The summed E-state index contributed by atoms with van der Waals surface area (Å²) in [5, 5.41) is 4.26. The molecule has 1 N–H and O–H groups in total. The fraction of sp³-hybridized carbons (Fsp3) is 0.333. The van der Waals surface area contributed by atoms with Crippen LogP contribution in [-0.2, 0) is 0 Å². The molecule has 1 unspecified atom stereocenters. The first-order valence-electron chi connectivity index (χ1n) is 6.47. The molecule has 0 saturated carbocycles. The highest BCUT2D eigenvalue weighted by atomic mass is 79.9. The molecule has 1 aromatic heterocycles. The lowest BCUT2D eigenvalue weighted by molar-refractivity contribution is 0.404. The lowest BCUT2D eigenvalue weighted by atomic mass is 10.0. The van der Waals surface area contributed by atoms with Crippen molar-refractivity contribution in [3.05, 3.63) is 49.6 Å². The molecule has 0 fully saturated rings. The maximum Gasteiger partial charge on any atom is 0.125 e. The Morgan fingerprint density at radius 1 is 1.35 bits per heavy atom. The summed E-state index contributed by atoms with van der Waals surface area (Å²) >= 11 is 11.3. The third kappa shape index (κ3) is 3.76. The summed E-state index contributed by atoms with van der Waals surface area (Å²) in [7, 11) is 1.68. The monoisotopic (exact) mass is 373 g/mol. The smallest absolute Gasteiger partial charge is 0.125 e. The van der Waals surface area contributed by atoms with Crippen LogP contribution in [-0.4, -0.2) is 13.7 Å². The van der Waals surface area contributed by atoms with Crippen LogP contribution in [0.25, 0.3) is 0 Å². The molecule has 5 heteroatoms. The van der Waals surface area contributed by atoms with E-state index in [-0.39, 0.29) is 6.04 Å². The highest BCUT2D eigenvalue weighted by Crippen LogP contribution is 2.36. The van der Waals surface area contributed by atoms with E-state index in [1.807, 2.05) is 18.2 Å². The van der Waals surface area contributed by atoms with Crippen LogP contribution in [0, 0.1) is 0 Å². The molecule has 0 saturated heterocycles. The quantitative estimate of drug-likeness (QED) is 0.744. The van der Waals surface area contributed by atoms with Gasteiger partial charge in [0, 0.05) is 15.5 Å². The fourth-order valence-corrected chi connectivity index (χ4v) is 3.74. The van der Waals surface area contributed by atoms with Crippen molar-refractivity contribution in [1.82, 2.24) is 5.32 Å². The van der Waals surface area contributed by atoms with Gasteiger partial charge in [-0.05, 0) is 53.2 Å².